The van der Waals surface area contributed by atoms with Gasteiger partial charge in [-0.3, -0.25) is 9.59 Å². The van der Waals surface area contributed by atoms with Gasteiger partial charge in [-0.2, -0.15) is 0 Å². The average molecular weight is 330 g/mol. The first-order valence-electron chi connectivity index (χ1n) is 7.50. The Kier molecular flexibility index (Phi) is 5.52. The number of halogens is 1. The molecule has 0 aromatic heterocycles. The summed E-state index contributed by atoms with van der Waals surface area (Å²) in [5.74, 6) is -1.15. The van der Waals surface area contributed by atoms with Crippen LogP contribution in [0.4, 0.5) is 15.8 Å². The fraction of sp³-hybridized carbons (Fsp3) is 0.222. The Balaban J connectivity index is 2.12. The largest absolute Gasteiger partial charge is 0.488 e. The molecule has 0 heterocycles. The van der Waals surface area contributed by atoms with Crippen LogP contribution in [0, 0.1) is 5.82 Å². The van der Waals surface area contributed by atoms with Crippen molar-refractivity contribution in [3.05, 3.63) is 53.8 Å². The van der Waals surface area contributed by atoms with Crippen molar-refractivity contribution in [1.82, 2.24) is 0 Å². The molecule has 0 bridgehead atoms. The second kappa shape index (κ2) is 7.59. The van der Waals surface area contributed by atoms with Gasteiger partial charge in [-0.05, 0) is 50.2 Å². The van der Waals surface area contributed by atoms with Crippen LogP contribution in [0.15, 0.2) is 42.5 Å². The monoisotopic (exact) mass is 330 g/mol. The highest BCUT2D eigenvalue weighted by molar-refractivity contribution is 6.04. The Morgan fingerprint density at radius 3 is 2.29 bits per heavy atom. The standard InChI is InChI=1S/C18H19FN2O3/c1-11(2)24-17-8-7-13(9-16(17)19)18(23)21-15-6-4-5-14(10-15)20-12(3)22/h4-11H,1-3H3,(H,20,22)(H,21,23). The number of amides is 2. The Bertz CT molecular complexity index is 760. The number of rotatable bonds is 5. The van der Waals surface area contributed by atoms with Crippen LogP contribution in [-0.2, 0) is 4.79 Å². The molecule has 24 heavy (non-hydrogen) atoms. The van der Waals surface area contributed by atoms with E-state index >= 15 is 0 Å². The third kappa shape index (κ3) is 4.81. The minimum absolute atomic E-state index is 0.106. The first kappa shape index (κ1) is 17.5. The zero-order chi connectivity index (χ0) is 17.7. The highest BCUT2D eigenvalue weighted by atomic mass is 19.1. The zero-order valence-corrected chi connectivity index (χ0v) is 13.7. The predicted molar refractivity (Wildman–Crippen MR) is 90.9 cm³/mol. The van der Waals surface area contributed by atoms with Crippen molar-refractivity contribution >= 4 is 23.2 Å². The maximum atomic E-state index is 14.0. The highest BCUT2D eigenvalue weighted by Gasteiger charge is 2.12. The lowest BCUT2D eigenvalue weighted by Gasteiger charge is -2.12. The van der Waals surface area contributed by atoms with E-state index in [1.165, 1.54) is 19.1 Å². The number of carbonyl (C=O) groups is 2. The molecule has 6 heteroatoms. The van der Waals surface area contributed by atoms with Crippen molar-refractivity contribution in [2.45, 2.75) is 26.9 Å². The Labute approximate surface area is 139 Å². The second-order valence-corrected chi connectivity index (χ2v) is 5.53. The minimum atomic E-state index is -0.594. The molecular formula is C18H19FN2O3. The summed E-state index contributed by atoms with van der Waals surface area (Å²) in [5, 5.41) is 5.29. The van der Waals surface area contributed by atoms with Gasteiger partial charge in [-0.25, -0.2) is 4.39 Å². The topological polar surface area (TPSA) is 67.4 Å². The fourth-order valence-corrected chi connectivity index (χ4v) is 2.07. The zero-order valence-electron chi connectivity index (χ0n) is 13.7. The molecule has 2 aromatic carbocycles. The van der Waals surface area contributed by atoms with Gasteiger partial charge < -0.3 is 15.4 Å². The molecule has 0 atom stereocenters. The third-order valence-corrected chi connectivity index (χ3v) is 3.00. The molecule has 0 aliphatic rings. The molecule has 2 aromatic rings. The molecular weight excluding hydrogens is 311 g/mol. The number of carbonyl (C=O) groups excluding carboxylic acids is 2. The summed E-state index contributed by atoms with van der Waals surface area (Å²) in [7, 11) is 0. The lowest BCUT2D eigenvalue weighted by molar-refractivity contribution is -0.114. The quantitative estimate of drug-likeness (QED) is 0.875. The van der Waals surface area contributed by atoms with Gasteiger partial charge in [-0.15, -0.1) is 0 Å². The van der Waals surface area contributed by atoms with Crippen LogP contribution in [-0.4, -0.2) is 17.9 Å². The van der Waals surface area contributed by atoms with Gasteiger partial charge in [0.1, 0.15) is 0 Å². The molecule has 0 unspecified atom stereocenters. The number of hydrogen-bond acceptors (Lipinski definition) is 3. The maximum Gasteiger partial charge on any atom is 0.255 e. The van der Waals surface area contributed by atoms with Crippen molar-refractivity contribution in [2.75, 3.05) is 10.6 Å². The van der Waals surface area contributed by atoms with E-state index in [4.69, 9.17) is 4.74 Å². The number of benzene rings is 2. The third-order valence-electron chi connectivity index (χ3n) is 3.00. The molecule has 0 saturated heterocycles. The van der Waals surface area contributed by atoms with Crippen LogP contribution in [0.25, 0.3) is 0 Å². The minimum Gasteiger partial charge on any atom is -0.488 e. The van der Waals surface area contributed by atoms with E-state index in [1.807, 2.05) is 0 Å². The highest BCUT2D eigenvalue weighted by Crippen LogP contribution is 2.21. The Hall–Kier alpha value is -2.89. The van der Waals surface area contributed by atoms with E-state index < -0.39 is 11.7 Å². The molecule has 2 amide bonds. The number of hydrogen-bond donors (Lipinski definition) is 2. The molecule has 2 rings (SSSR count). The second-order valence-electron chi connectivity index (χ2n) is 5.53. The van der Waals surface area contributed by atoms with Crippen LogP contribution < -0.4 is 15.4 Å². The van der Waals surface area contributed by atoms with E-state index in [1.54, 1.807) is 38.1 Å². The van der Waals surface area contributed by atoms with E-state index in [0.29, 0.717) is 11.4 Å². The van der Waals surface area contributed by atoms with E-state index in [2.05, 4.69) is 10.6 Å². The van der Waals surface area contributed by atoms with Crippen LogP contribution in [0.1, 0.15) is 31.1 Å². The van der Waals surface area contributed by atoms with Crippen LogP contribution in [0.5, 0.6) is 5.75 Å². The number of anilines is 2. The Morgan fingerprint density at radius 1 is 1.04 bits per heavy atom. The van der Waals surface area contributed by atoms with Gasteiger partial charge in [0.25, 0.3) is 5.91 Å². The van der Waals surface area contributed by atoms with Crippen molar-refractivity contribution in [3.63, 3.8) is 0 Å². The van der Waals surface area contributed by atoms with E-state index in [0.717, 1.165) is 6.07 Å². The number of ether oxygens (including phenoxy) is 1. The molecule has 0 radical (unpaired) electrons. The van der Waals surface area contributed by atoms with E-state index in [9.17, 15) is 14.0 Å². The average Bonchev–Trinajstić information content (AvgIpc) is 2.48. The van der Waals surface area contributed by atoms with Crippen LogP contribution in [0.3, 0.4) is 0 Å². The first-order valence-corrected chi connectivity index (χ1v) is 7.50. The molecule has 126 valence electrons. The molecule has 0 fully saturated rings. The first-order chi connectivity index (χ1) is 11.3. The summed E-state index contributed by atoms with van der Waals surface area (Å²) in [5.41, 5.74) is 1.23. The van der Waals surface area contributed by atoms with E-state index in [-0.39, 0.29) is 23.3 Å². The normalized spacial score (nSPS) is 10.4. The van der Waals surface area contributed by atoms with Gasteiger partial charge >= 0.3 is 0 Å². The molecule has 0 spiro atoms. The summed E-state index contributed by atoms with van der Waals surface area (Å²) in [6.45, 7) is 4.99. The van der Waals surface area contributed by atoms with Crippen LogP contribution >= 0.6 is 0 Å². The summed E-state index contributed by atoms with van der Waals surface area (Å²) >= 11 is 0. The van der Waals surface area contributed by atoms with Crippen molar-refractivity contribution in [1.29, 1.82) is 0 Å². The summed E-state index contributed by atoms with van der Waals surface area (Å²) in [4.78, 5) is 23.3. The van der Waals surface area contributed by atoms with Gasteiger partial charge in [0.05, 0.1) is 6.10 Å². The predicted octanol–water partition coefficient (Wildman–Crippen LogP) is 3.82. The van der Waals surface area contributed by atoms with Crippen LogP contribution in [0.2, 0.25) is 0 Å². The van der Waals surface area contributed by atoms with Crippen molar-refractivity contribution < 1.29 is 18.7 Å². The van der Waals surface area contributed by atoms with Crippen molar-refractivity contribution in [2.24, 2.45) is 0 Å². The lowest BCUT2D eigenvalue weighted by atomic mass is 10.2. The molecule has 5 nitrogen and oxygen atoms in total. The van der Waals surface area contributed by atoms with Gasteiger partial charge in [-0.1, -0.05) is 6.07 Å². The molecule has 0 aliphatic heterocycles. The smallest absolute Gasteiger partial charge is 0.255 e. The summed E-state index contributed by atoms with van der Waals surface area (Å²) < 4.78 is 19.3. The van der Waals surface area contributed by atoms with Gasteiger partial charge in [0.2, 0.25) is 5.91 Å². The fourth-order valence-electron chi connectivity index (χ4n) is 2.07. The Morgan fingerprint density at radius 2 is 1.71 bits per heavy atom. The lowest BCUT2D eigenvalue weighted by Crippen LogP contribution is -2.13. The molecule has 0 saturated carbocycles. The molecule has 0 aliphatic carbocycles. The maximum absolute atomic E-state index is 14.0. The van der Waals surface area contributed by atoms with Crippen molar-refractivity contribution in [3.8, 4) is 5.75 Å². The SMILES string of the molecule is CC(=O)Nc1cccc(NC(=O)c2ccc(OC(C)C)c(F)c2)c1. The molecule has 2 N–H and O–H groups in total. The summed E-state index contributed by atoms with van der Waals surface area (Å²) in [6.07, 6.45) is -0.157. The van der Waals surface area contributed by atoms with Gasteiger partial charge in [0, 0.05) is 23.9 Å². The van der Waals surface area contributed by atoms with Gasteiger partial charge in [0.15, 0.2) is 11.6 Å². The number of nitrogens with one attached hydrogen (secondary N) is 2. The summed E-state index contributed by atoms with van der Waals surface area (Å²) in [6, 6.07) is 10.7.